The molecule has 1 saturated heterocycles. The number of rotatable bonds is 4. The summed E-state index contributed by atoms with van der Waals surface area (Å²) >= 11 is 0. The van der Waals surface area contributed by atoms with E-state index in [0.717, 1.165) is 16.8 Å². The summed E-state index contributed by atoms with van der Waals surface area (Å²) in [5.74, 6) is -1.07. The third-order valence-corrected chi connectivity index (χ3v) is 6.40. The van der Waals surface area contributed by atoms with Crippen LogP contribution in [0.15, 0.2) is 48.5 Å². The molecule has 0 aliphatic carbocycles. The van der Waals surface area contributed by atoms with Crippen molar-refractivity contribution in [3.05, 3.63) is 65.2 Å². The van der Waals surface area contributed by atoms with Gasteiger partial charge in [-0.05, 0) is 36.2 Å². The maximum absolute atomic E-state index is 13.2. The summed E-state index contributed by atoms with van der Waals surface area (Å²) in [6, 6.07) is 13.6. The number of benzene rings is 2. The number of aromatic carboxylic acids is 1. The Labute approximate surface area is 164 Å². The Hall–Kier alpha value is -2.87. The number of amides is 2. The fourth-order valence-electron chi connectivity index (χ4n) is 3.13. The molecule has 2 aromatic carbocycles. The predicted octanol–water partition coefficient (Wildman–Crippen LogP) is 2.55. The summed E-state index contributed by atoms with van der Waals surface area (Å²) in [5.41, 5.74) is 2.62. The number of carbonyl (C=O) groups excluding carboxylic acids is 1. The van der Waals surface area contributed by atoms with E-state index in [1.807, 2.05) is 31.2 Å². The maximum Gasteiger partial charge on any atom is 0.335 e. The lowest BCUT2D eigenvalue weighted by atomic mass is 10.1. The molecule has 1 N–H and O–H groups in total. The van der Waals surface area contributed by atoms with Crippen LogP contribution in [-0.4, -0.2) is 55.0 Å². The molecule has 2 aromatic rings. The van der Waals surface area contributed by atoms with E-state index in [2.05, 4.69) is 0 Å². The molecule has 0 bridgehead atoms. The highest BCUT2D eigenvalue weighted by atomic mass is 32.2. The molecule has 28 heavy (non-hydrogen) atoms. The maximum atomic E-state index is 13.2. The van der Waals surface area contributed by atoms with Crippen LogP contribution in [0.1, 0.15) is 21.5 Å². The van der Waals surface area contributed by atoms with Gasteiger partial charge in [-0.15, -0.1) is 0 Å². The van der Waals surface area contributed by atoms with Crippen LogP contribution in [-0.2, 0) is 16.4 Å². The molecule has 7 nitrogen and oxygen atoms in total. The number of urea groups is 1. The molecule has 1 fully saturated rings. The molecule has 1 aliphatic heterocycles. The number of carboxylic acid groups (broad SMARTS) is 1. The molecule has 1 heterocycles. The molecule has 8 heteroatoms. The van der Waals surface area contributed by atoms with Gasteiger partial charge in [-0.1, -0.05) is 30.3 Å². The number of aryl methyl sites for hydroxylation is 1. The molecule has 0 atom stereocenters. The zero-order chi connectivity index (χ0) is 20.3. The third-order valence-electron chi connectivity index (χ3n) is 4.79. The van der Waals surface area contributed by atoms with E-state index >= 15 is 0 Å². The Morgan fingerprint density at radius 3 is 2.21 bits per heavy atom. The molecule has 1 aliphatic rings. The van der Waals surface area contributed by atoms with E-state index in [-0.39, 0.29) is 42.7 Å². The van der Waals surface area contributed by atoms with Gasteiger partial charge in [0.25, 0.3) is 0 Å². The van der Waals surface area contributed by atoms with Gasteiger partial charge in [0.15, 0.2) is 9.84 Å². The fourth-order valence-corrected chi connectivity index (χ4v) is 4.33. The number of para-hydroxylation sites is 1. The van der Waals surface area contributed by atoms with Gasteiger partial charge in [0, 0.05) is 18.8 Å². The molecule has 0 aromatic heterocycles. The fraction of sp³-hybridized carbons (Fsp3) is 0.300. The monoisotopic (exact) mass is 402 g/mol. The van der Waals surface area contributed by atoms with Gasteiger partial charge in [0.05, 0.1) is 23.6 Å². The highest BCUT2D eigenvalue weighted by Gasteiger charge is 2.29. The van der Waals surface area contributed by atoms with Gasteiger partial charge < -0.3 is 10.0 Å². The van der Waals surface area contributed by atoms with Crippen molar-refractivity contribution in [1.29, 1.82) is 0 Å². The average molecular weight is 402 g/mol. The second-order valence-electron chi connectivity index (χ2n) is 6.80. The SMILES string of the molecule is Cc1ccccc1N(Cc1ccc(C(=O)O)cc1)C(=O)N1CCS(=O)(=O)CC1. The summed E-state index contributed by atoms with van der Waals surface area (Å²) < 4.78 is 23.4. The van der Waals surface area contributed by atoms with Crippen molar-refractivity contribution in [1.82, 2.24) is 4.90 Å². The first-order valence-corrected chi connectivity index (χ1v) is 10.7. The van der Waals surface area contributed by atoms with Gasteiger partial charge >= 0.3 is 12.0 Å². The van der Waals surface area contributed by atoms with Crippen LogP contribution < -0.4 is 4.90 Å². The van der Waals surface area contributed by atoms with Gasteiger partial charge in [-0.3, -0.25) is 4.90 Å². The van der Waals surface area contributed by atoms with Crippen LogP contribution >= 0.6 is 0 Å². The first-order valence-electron chi connectivity index (χ1n) is 8.91. The van der Waals surface area contributed by atoms with Crippen LogP contribution in [0.25, 0.3) is 0 Å². The Kier molecular flexibility index (Phi) is 5.69. The van der Waals surface area contributed by atoms with Crippen molar-refractivity contribution < 1.29 is 23.1 Å². The average Bonchev–Trinajstić information content (AvgIpc) is 2.66. The smallest absolute Gasteiger partial charge is 0.335 e. The van der Waals surface area contributed by atoms with Gasteiger partial charge in [-0.25, -0.2) is 18.0 Å². The standard InChI is InChI=1S/C20H22N2O5S/c1-15-4-2-3-5-18(15)22(14-16-6-8-17(9-7-16)19(23)24)20(25)21-10-12-28(26,27)13-11-21/h2-9H,10-14H2,1H3,(H,23,24). The first-order chi connectivity index (χ1) is 13.3. The number of nitrogens with zero attached hydrogens (tertiary/aromatic N) is 2. The zero-order valence-electron chi connectivity index (χ0n) is 15.5. The van der Waals surface area contributed by atoms with Crippen molar-refractivity contribution in [3.8, 4) is 0 Å². The molecule has 148 valence electrons. The molecule has 3 rings (SSSR count). The van der Waals surface area contributed by atoms with Gasteiger partial charge in [0.2, 0.25) is 0 Å². The van der Waals surface area contributed by atoms with Crippen LogP contribution in [0.4, 0.5) is 10.5 Å². The topological polar surface area (TPSA) is 95.0 Å². The van der Waals surface area contributed by atoms with E-state index in [1.54, 1.807) is 21.9 Å². The van der Waals surface area contributed by atoms with Crippen molar-refractivity contribution in [3.63, 3.8) is 0 Å². The van der Waals surface area contributed by atoms with E-state index in [0.29, 0.717) is 0 Å². The second kappa shape index (κ2) is 8.02. The van der Waals surface area contributed by atoms with Gasteiger partial charge in [0.1, 0.15) is 0 Å². The molecular weight excluding hydrogens is 380 g/mol. The van der Waals surface area contributed by atoms with Gasteiger partial charge in [-0.2, -0.15) is 0 Å². The number of hydrogen-bond donors (Lipinski definition) is 1. The van der Waals surface area contributed by atoms with Crippen LogP contribution in [0, 0.1) is 6.92 Å². The summed E-state index contributed by atoms with van der Waals surface area (Å²) in [6.07, 6.45) is 0. The van der Waals surface area contributed by atoms with Crippen molar-refractivity contribution in [2.45, 2.75) is 13.5 Å². The number of hydrogen-bond acceptors (Lipinski definition) is 4. The minimum absolute atomic E-state index is 0.0341. The summed E-state index contributed by atoms with van der Waals surface area (Å²) in [4.78, 5) is 27.4. The highest BCUT2D eigenvalue weighted by molar-refractivity contribution is 7.91. The predicted molar refractivity (Wildman–Crippen MR) is 106 cm³/mol. The number of sulfone groups is 1. The Morgan fingerprint density at radius 1 is 1.04 bits per heavy atom. The molecule has 0 unspecified atom stereocenters. The third kappa shape index (κ3) is 4.51. The quantitative estimate of drug-likeness (QED) is 0.848. The molecular formula is C20H22N2O5S. The lowest BCUT2D eigenvalue weighted by Crippen LogP contribution is -2.50. The summed E-state index contributed by atoms with van der Waals surface area (Å²) in [5, 5.41) is 9.05. The highest BCUT2D eigenvalue weighted by Crippen LogP contribution is 2.24. The van der Waals surface area contributed by atoms with E-state index in [9.17, 15) is 18.0 Å². The molecule has 2 amide bonds. The second-order valence-corrected chi connectivity index (χ2v) is 9.10. The lowest BCUT2D eigenvalue weighted by Gasteiger charge is -2.33. The van der Waals surface area contributed by atoms with Crippen LogP contribution in [0.2, 0.25) is 0 Å². The lowest BCUT2D eigenvalue weighted by molar-refractivity contribution is 0.0697. The molecule has 0 radical (unpaired) electrons. The van der Waals surface area contributed by atoms with Crippen LogP contribution in [0.5, 0.6) is 0 Å². The summed E-state index contributed by atoms with van der Waals surface area (Å²) in [6.45, 7) is 2.50. The van der Waals surface area contributed by atoms with Crippen molar-refractivity contribution in [2.24, 2.45) is 0 Å². The molecule has 0 spiro atoms. The number of anilines is 1. The Bertz CT molecular complexity index is 972. The first kappa shape index (κ1) is 19.9. The van der Waals surface area contributed by atoms with E-state index in [1.165, 1.54) is 12.1 Å². The van der Waals surface area contributed by atoms with E-state index in [4.69, 9.17) is 5.11 Å². The minimum Gasteiger partial charge on any atom is -0.478 e. The van der Waals surface area contributed by atoms with Crippen molar-refractivity contribution >= 4 is 27.5 Å². The molecule has 0 saturated carbocycles. The summed E-state index contributed by atoms with van der Waals surface area (Å²) in [7, 11) is -3.09. The minimum atomic E-state index is -3.09. The Balaban J connectivity index is 1.88. The zero-order valence-corrected chi connectivity index (χ0v) is 16.4. The van der Waals surface area contributed by atoms with Crippen molar-refractivity contribution in [2.75, 3.05) is 29.5 Å². The Morgan fingerprint density at radius 2 is 1.64 bits per heavy atom. The normalized spacial score (nSPS) is 15.8. The van der Waals surface area contributed by atoms with Crippen LogP contribution in [0.3, 0.4) is 0 Å². The largest absolute Gasteiger partial charge is 0.478 e. The van der Waals surface area contributed by atoms with E-state index < -0.39 is 15.8 Å². The number of carbonyl (C=O) groups is 2. The number of carboxylic acids is 1.